The summed E-state index contributed by atoms with van der Waals surface area (Å²) in [5, 5.41) is 0. The maximum Gasteiger partial charge on any atom is 0.209 e. The van der Waals surface area contributed by atoms with Crippen molar-refractivity contribution in [3.05, 3.63) is 12.0 Å². The molecule has 0 aliphatic carbocycles. The monoisotopic (exact) mass is 238 g/mol. The van der Waals surface area contributed by atoms with E-state index >= 15 is 0 Å². The van der Waals surface area contributed by atoms with Crippen LogP contribution in [0.5, 0.6) is 0 Å². The number of nitrogens with zero attached hydrogens (tertiary/aromatic N) is 1. The van der Waals surface area contributed by atoms with Crippen LogP contribution in [-0.4, -0.2) is 36.7 Å². The Balaban J connectivity index is 1.69. The lowest BCUT2D eigenvalue weighted by Crippen LogP contribution is -2.58. The second-order valence-electron chi connectivity index (χ2n) is 5.92. The van der Waals surface area contributed by atoms with Gasteiger partial charge in [0.1, 0.15) is 5.60 Å². The van der Waals surface area contributed by atoms with E-state index in [9.17, 15) is 0 Å². The third-order valence-electron chi connectivity index (χ3n) is 4.04. The van der Waals surface area contributed by atoms with Crippen molar-refractivity contribution in [1.82, 2.24) is 10.4 Å². The fourth-order valence-corrected chi connectivity index (χ4v) is 3.09. The Hall–Kier alpha value is -0.740. The summed E-state index contributed by atoms with van der Waals surface area (Å²) in [5.41, 5.74) is 2.85. The quantitative estimate of drug-likeness (QED) is 0.808. The van der Waals surface area contributed by atoms with Gasteiger partial charge in [-0.15, -0.1) is 0 Å². The van der Waals surface area contributed by atoms with Gasteiger partial charge in [0, 0.05) is 12.6 Å². The minimum Gasteiger partial charge on any atom is -0.478 e. The number of ether oxygens (including phenoxy) is 1. The molecule has 0 amide bonds. The molecule has 0 aromatic rings. The van der Waals surface area contributed by atoms with Crippen molar-refractivity contribution < 1.29 is 9.57 Å². The SMILES string of the molecule is CC(C)COC1=CC2(CN3CCC2CC3)ON1. The first-order valence-electron chi connectivity index (χ1n) is 6.70. The molecule has 1 unspecified atom stereocenters. The molecule has 17 heavy (non-hydrogen) atoms. The van der Waals surface area contributed by atoms with Crippen molar-refractivity contribution in [2.75, 3.05) is 26.2 Å². The topological polar surface area (TPSA) is 33.7 Å². The standard InChI is InChI=1S/C13H22N2O2/c1-10(2)8-16-12-7-13(17-14-12)9-15-5-3-11(13)4-6-15/h7,10-11,14H,3-6,8-9H2,1-2H3. The third kappa shape index (κ3) is 2.04. The fraction of sp³-hybridized carbons (Fsp3) is 0.846. The summed E-state index contributed by atoms with van der Waals surface area (Å²) in [6.07, 6.45) is 4.66. The van der Waals surface area contributed by atoms with Crippen molar-refractivity contribution in [2.45, 2.75) is 32.3 Å². The van der Waals surface area contributed by atoms with E-state index in [2.05, 4.69) is 30.3 Å². The Morgan fingerprint density at radius 1 is 1.53 bits per heavy atom. The molecule has 4 aliphatic heterocycles. The van der Waals surface area contributed by atoms with Crippen LogP contribution in [0.2, 0.25) is 0 Å². The van der Waals surface area contributed by atoms with Gasteiger partial charge >= 0.3 is 0 Å². The van der Waals surface area contributed by atoms with Crippen LogP contribution in [-0.2, 0) is 9.57 Å². The van der Waals surface area contributed by atoms with Gasteiger partial charge in [-0.2, -0.15) is 0 Å². The van der Waals surface area contributed by atoms with Crippen molar-refractivity contribution in [1.29, 1.82) is 0 Å². The summed E-state index contributed by atoms with van der Waals surface area (Å²) in [6, 6.07) is 0. The molecule has 0 aromatic heterocycles. The molecule has 4 nitrogen and oxygen atoms in total. The number of hydrogen-bond donors (Lipinski definition) is 1. The molecule has 4 aliphatic rings. The minimum atomic E-state index is -0.122. The summed E-state index contributed by atoms with van der Waals surface area (Å²) in [7, 11) is 0. The third-order valence-corrected chi connectivity index (χ3v) is 4.04. The van der Waals surface area contributed by atoms with Gasteiger partial charge in [0.05, 0.1) is 6.61 Å². The molecule has 0 aromatic carbocycles. The van der Waals surface area contributed by atoms with E-state index in [-0.39, 0.29) is 5.60 Å². The summed E-state index contributed by atoms with van der Waals surface area (Å²) in [6.45, 7) is 8.52. The molecular weight excluding hydrogens is 216 g/mol. The maximum absolute atomic E-state index is 5.85. The van der Waals surface area contributed by atoms with Crippen LogP contribution in [0, 0.1) is 11.8 Å². The predicted molar refractivity (Wildman–Crippen MR) is 65.0 cm³/mol. The summed E-state index contributed by atoms with van der Waals surface area (Å²) in [5.74, 6) is 2.01. The van der Waals surface area contributed by atoms with Crippen LogP contribution in [0.1, 0.15) is 26.7 Å². The van der Waals surface area contributed by atoms with Gasteiger partial charge < -0.3 is 4.74 Å². The molecule has 3 saturated heterocycles. The molecule has 4 heterocycles. The van der Waals surface area contributed by atoms with E-state index in [1.165, 1.54) is 25.9 Å². The van der Waals surface area contributed by atoms with Crippen LogP contribution in [0.25, 0.3) is 0 Å². The lowest BCUT2D eigenvalue weighted by molar-refractivity contribution is -0.143. The Labute approximate surface area is 103 Å². The van der Waals surface area contributed by atoms with E-state index < -0.39 is 0 Å². The highest BCUT2D eigenvalue weighted by Crippen LogP contribution is 2.41. The highest BCUT2D eigenvalue weighted by atomic mass is 16.7. The van der Waals surface area contributed by atoms with E-state index in [0.717, 1.165) is 19.0 Å². The van der Waals surface area contributed by atoms with E-state index in [1.807, 2.05) is 0 Å². The van der Waals surface area contributed by atoms with Gasteiger partial charge in [0.25, 0.3) is 0 Å². The number of hydroxylamine groups is 1. The van der Waals surface area contributed by atoms with E-state index in [0.29, 0.717) is 11.8 Å². The van der Waals surface area contributed by atoms with Gasteiger partial charge in [-0.1, -0.05) is 13.8 Å². The first kappa shape index (κ1) is 11.4. The number of nitrogens with one attached hydrogen (secondary N) is 1. The van der Waals surface area contributed by atoms with Crippen LogP contribution in [0.15, 0.2) is 12.0 Å². The van der Waals surface area contributed by atoms with Crippen LogP contribution >= 0.6 is 0 Å². The van der Waals surface area contributed by atoms with Gasteiger partial charge in [-0.25, -0.2) is 5.48 Å². The zero-order valence-corrected chi connectivity index (χ0v) is 10.7. The molecule has 3 fully saturated rings. The number of rotatable bonds is 3. The smallest absolute Gasteiger partial charge is 0.209 e. The minimum absolute atomic E-state index is 0.122. The van der Waals surface area contributed by atoms with E-state index in [1.54, 1.807) is 0 Å². The zero-order chi connectivity index (χ0) is 11.9. The average molecular weight is 238 g/mol. The molecule has 4 rings (SSSR count). The Bertz CT molecular complexity index is 321. The normalized spacial score (nSPS) is 39.6. The van der Waals surface area contributed by atoms with Gasteiger partial charge in [-0.05, 0) is 37.8 Å². The molecule has 4 heteroatoms. The lowest BCUT2D eigenvalue weighted by atomic mass is 9.75. The average Bonchev–Trinajstić information content (AvgIpc) is 2.71. The van der Waals surface area contributed by atoms with Gasteiger partial charge in [0.2, 0.25) is 5.88 Å². The highest BCUT2D eigenvalue weighted by molar-refractivity contribution is 5.17. The number of fused-ring (bicyclic) bond motifs is 2. The summed E-state index contributed by atoms with van der Waals surface area (Å²) < 4.78 is 5.71. The van der Waals surface area contributed by atoms with Crippen LogP contribution < -0.4 is 5.48 Å². The Morgan fingerprint density at radius 3 is 2.88 bits per heavy atom. The van der Waals surface area contributed by atoms with E-state index in [4.69, 9.17) is 9.57 Å². The van der Waals surface area contributed by atoms with Gasteiger partial charge in [-0.3, -0.25) is 9.74 Å². The van der Waals surface area contributed by atoms with Crippen molar-refractivity contribution in [3.63, 3.8) is 0 Å². The van der Waals surface area contributed by atoms with Crippen LogP contribution in [0.4, 0.5) is 0 Å². The van der Waals surface area contributed by atoms with Crippen LogP contribution in [0.3, 0.4) is 0 Å². The Morgan fingerprint density at radius 2 is 2.29 bits per heavy atom. The first-order chi connectivity index (χ1) is 8.18. The fourth-order valence-electron chi connectivity index (χ4n) is 3.09. The summed E-state index contributed by atoms with van der Waals surface area (Å²) >= 11 is 0. The molecule has 1 atom stereocenters. The first-order valence-corrected chi connectivity index (χ1v) is 6.70. The van der Waals surface area contributed by atoms with Gasteiger partial charge in [0.15, 0.2) is 0 Å². The molecule has 2 bridgehead atoms. The lowest BCUT2D eigenvalue weighted by Gasteiger charge is -2.48. The maximum atomic E-state index is 5.85. The molecule has 1 spiro atoms. The van der Waals surface area contributed by atoms with Crippen molar-refractivity contribution >= 4 is 0 Å². The second kappa shape index (κ2) is 4.18. The summed E-state index contributed by atoms with van der Waals surface area (Å²) in [4.78, 5) is 8.34. The molecule has 1 N–H and O–H groups in total. The number of hydrogen-bond acceptors (Lipinski definition) is 4. The highest BCUT2D eigenvalue weighted by Gasteiger charge is 2.50. The largest absolute Gasteiger partial charge is 0.478 e. The Kier molecular flexibility index (Phi) is 2.79. The van der Waals surface area contributed by atoms with Crippen molar-refractivity contribution in [3.8, 4) is 0 Å². The molecular formula is C13H22N2O2. The second-order valence-corrected chi connectivity index (χ2v) is 5.92. The zero-order valence-electron chi connectivity index (χ0n) is 10.7. The molecule has 0 saturated carbocycles. The number of piperidine rings is 3. The van der Waals surface area contributed by atoms with Crippen molar-refractivity contribution in [2.24, 2.45) is 11.8 Å². The molecule has 96 valence electrons. The molecule has 0 radical (unpaired) electrons. The predicted octanol–water partition coefficient (Wildman–Crippen LogP) is 1.50.